The van der Waals surface area contributed by atoms with E-state index in [1.807, 2.05) is 6.07 Å². The zero-order valence-electron chi connectivity index (χ0n) is 9.68. The van der Waals surface area contributed by atoms with Crippen molar-refractivity contribution >= 4 is 5.91 Å². The van der Waals surface area contributed by atoms with Crippen molar-refractivity contribution in [1.29, 1.82) is 5.26 Å². The second kappa shape index (κ2) is 9.47. The second-order valence-electron chi connectivity index (χ2n) is 3.82. The van der Waals surface area contributed by atoms with Gasteiger partial charge in [0.1, 0.15) is 0 Å². The maximum atomic E-state index is 11.2. The molecule has 86 valence electrons. The van der Waals surface area contributed by atoms with Crippen LogP contribution in [0.25, 0.3) is 0 Å². The van der Waals surface area contributed by atoms with Crippen molar-refractivity contribution in [1.82, 2.24) is 10.6 Å². The van der Waals surface area contributed by atoms with E-state index in [1.165, 1.54) is 0 Å². The zero-order chi connectivity index (χ0) is 11.5. The van der Waals surface area contributed by atoms with E-state index in [0.29, 0.717) is 25.4 Å². The van der Waals surface area contributed by atoms with Crippen molar-refractivity contribution in [3.63, 3.8) is 0 Å². The Morgan fingerprint density at radius 3 is 2.67 bits per heavy atom. The molecule has 0 atom stereocenters. The third kappa shape index (κ3) is 10.8. The number of carbonyl (C=O) groups excluding carboxylic acids is 1. The highest BCUT2D eigenvalue weighted by Gasteiger charge is 2.00. The molecule has 0 saturated carbocycles. The Morgan fingerprint density at radius 2 is 2.07 bits per heavy atom. The summed E-state index contributed by atoms with van der Waals surface area (Å²) in [6, 6.07) is 2.52. The van der Waals surface area contributed by atoms with Crippen LogP contribution in [0, 0.1) is 11.3 Å². The Hall–Kier alpha value is -1.08. The average molecular weight is 211 g/mol. The van der Waals surface area contributed by atoms with E-state index in [2.05, 4.69) is 24.5 Å². The molecule has 0 unspecified atom stereocenters. The molecular formula is C11H21N3O. The summed E-state index contributed by atoms with van der Waals surface area (Å²) in [4.78, 5) is 11.2. The van der Waals surface area contributed by atoms with Crippen LogP contribution in [0.4, 0.5) is 0 Å². The summed E-state index contributed by atoms with van der Waals surface area (Å²) in [5.41, 5.74) is 0. The Bertz CT molecular complexity index is 208. The van der Waals surface area contributed by atoms with Crippen LogP contribution in [0.3, 0.4) is 0 Å². The fraction of sp³-hybridized carbons (Fsp3) is 0.818. The topological polar surface area (TPSA) is 64.9 Å². The van der Waals surface area contributed by atoms with Crippen molar-refractivity contribution in [2.24, 2.45) is 0 Å². The molecule has 0 aliphatic carbocycles. The smallest absolute Gasteiger partial charge is 0.220 e. The molecule has 2 N–H and O–H groups in total. The second-order valence-corrected chi connectivity index (χ2v) is 3.82. The number of hydrogen-bond donors (Lipinski definition) is 2. The summed E-state index contributed by atoms with van der Waals surface area (Å²) in [7, 11) is 0. The molecule has 0 aromatic heterocycles. The van der Waals surface area contributed by atoms with E-state index < -0.39 is 0 Å². The lowest BCUT2D eigenvalue weighted by Gasteiger charge is -2.07. The largest absolute Gasteiger partial charge is 0.356 e. The fourth-order valence-corrected chi connectivity index (χ4v) is 1.12. The molecule has 4 heteroatoms. The van der Waals surface area contributed by atoms with E-state index in [1.54, 1.807) is 0 Å². The van der Waals surface area contributed by atoms with Gasteiger partial charge in [0.25, 0.3) is 0 Å². The lowest BCUT2D eigenvalue weighted by molar-refractivity contribution is -0.121. The number of unbranched alkanes of at least 4 members (excludes halogenated alkanes) is 1. The number of hydrogen-bond acceptors (Lipinski definition) is 3. The Labute approximate surface area is 92.0 Å². The van der Waals surface area contributed by atoms with Crippen LogP contribution in [0.15, 0.2) is 0 Å². The van der Waals surface area contributed by atoms with Gasteiger partial charge in [-0.2, -0.15) is 5.26 Å². The van der Waals surface area contributed by atoms with Gasteiger partial charge in [-0.05, 0) is 19.4 Å². The number of nitriles is 1. The number of nitrogens with zero attached hydrogens (tertiary/aromatic N) is 1. The van der Waals surface area contributed by atoms with Gasteiger partial charge in [0, 0.05) is 25.4 Å². The maximum Gasteiger partial charge on any atom is 0.220 e. The molecular weight excluding hydrogens is 190 g/mol. The van der Waals surface area contributed by atoms with Gasteiger partial charge in [0.05, 0.1) is 6.07 Å². The van der Waals surface area contributed by atoms with E-state index >= 15 is 0 Å². The predicted octanol–water partition coefficient (Wildman–Crippen LogP) is 1.18. The SMILES string of the molecule is CC(C)NCCCC(=O)NCCCC#N. The zero-order valence-corrected chi connectivity index (χ0v) is 9.68. The molecule has 1 amide bonds. The van der Waals surface area contributed by atoms with Crippen LogP contribution in [0.2, 0.25) is 0 Å². The fourth-order valence-electron chi connectivity index (χ4n) is 1.12. The molecule has 0 fully saturated rings. The number of nitrogens with one attached hydrogen (secondary N) is 2. The number of amides is 1. The Kier molecular flexibility index (Phi) is 8.79. The maximum absolute atomic E-state index is 11.2. The minimum Gasteiger partial charge on any atom is -0.356 e. The van der Waals surface area contributed by atoms with E-state index in [0.717, 1.165) is 19.4 Å². The third-order valence-corrected chi connectivity index (χ3v) is 1.92. The third-order valence-electron chi connectivity index (χ3n) is 1.92. The first-order valence-electron chi connectivity index (χ1n) is 5.54. The number of rotatable bonds is 8. The summed E-state index contributed by atoms with van der Waals surface area (Å²) >= 11 is 0. The molecule has 0 rings (SSSR count). The van der Waals surface area contributed by atoms with E-state index in [4.69, 9.17) is 5.26 Å². The summed E-state index contributed by atoms with van der Waals surface area (Å²) < 4.78 is 0. The van der Waals surface area contributed by atoms with E-state index in [9.17, 15) is 4.79 Å². The van der Waals surface area contributed by atoms with Crippen molar-refractivity contribution in [3.05, 3.63) is 0 Å². The van der Waals surface area contributed by atoms with Crippen molar-refractivity contribution in [2.75, 3.05) is 13.1 Å². The van der Waals surface area contributed by atoms with Gasteiger partial charge in [-0.15, -0.1) is 0 Å². The van der Waals surface area contributed by atoms with Gasteiger partial charge in [-0.25, -0.2) is 0 Å². The molecule has 0 aromatic rings. The average Bonchev–Trinajstić information content (AvgIpc) is 2.19. The van der Waals surface area contributed by atoms with Crippen LogP contribution < -0.4 is 10.6 Å². The van der Waals surface area contributed by atoms with Crippen LogP contribution in [-0.4, -0.2) is 25.0 Å². The van der Waals surface area contributed by atoms with Crippen molar-refractivity contribution in [3.8, 4) is 6.07 Å². The van der Waals surface area contributed by atoms with Gasteiger partial charge >= 0.3 is 0 Å². The summed E-state index contributed by atoms with van der Waals surface area (Å²) in [6.45, 7) is 5.66. The molecule has 0 aliphatic heterocycles. The molecule has 15 heavy (non-hydrogen) atoms. The first-order valence-corrected chi connectivity index (χ1v) is 5.54. The standard InChI is InChI=1S/C11H21N3O/c1-10(2)13-9-5-6-11(15)14-8-4-3-7-12/h10,13H,3-6,8-9H2,1-2H3,(H,14,15). The highest BCUT2D eigenvalue weighted by Crippen LogP contribution is 1.90. The van der Waals surface area contributed by atoms with Gasteiger partial charge < -0.3 is 10.6 Å². The molecule has 0 heterocycles. The highest BCUT2D eigenvalue weighted by atomic mass is 16.1. The van der Waals surface area contributed by atoms with Gasteiger partial charge in [0.15, 0.2) is 0 Å². The summed E-state index contributed by atoms with van der Waals surface area (Å²) in [5, 5.41) is 14.3. The van der Waals surface area contributed by atoms with Crippen LogP contribution in [0.1, 0.15) is 39.5 Å². The normalized spacial score (nSPS) is 10.0. The van der Waals surface area contributed by atoms with Gasteiger partial charge in [0.2, 0.25) is 5.91 Å². The van der Waals surface area contributed by atoms with Crippen molar-refractivity contribution in [2.45, 2.75) is 45.6 Å². The first kappa shape index (κ1) is 13.9. The molecule has 0 radical (unpaired) electrons. The monoisotopic (exact) mass is 211 g/mol. The summed E-state index contributed by atoms with van der Waals surface area (Å²) in [5.74, 6) is 0.0819. The van der Waals surface area contributed by atoms with Crippen LogP contribution in [-0.2, 0) is 4.79 Å². The molecule has 0 aliphatic rings. The molecule has 0 saturated heterocycles. The van der Waals surface area contributed by atoms with E-state index in [-0.39, 0.29) is 5.91 Å². The minimum atomic E-state index is 0.0819. The Balaban J connectivity index is 3.23. The molecule has 4 nitrogen and oxygen atoms in total. The van der Waals surface area contributed by atoms with Crippen LogP contribution in [0.5, 0.6) is 0 Å². The molecule has 0 aromatic carbocycles. The summed E-state index contributed by atoms with van der Waals surface area (Å²) in [6.07, 6.45) is 2.68. The number of carbonyl (C=O) groups is 1. The van der Waals surface area contributed by atoms with Gasteiger partial charge in [-0.3, -0.25) is 4.79 Å². The lowest BCUT2D eigenvalue weighted by atomic mass is 10.2. The minimum absolute atomic E-state index is 0.0819. The van der Waals surface area contributed by atoms with Gasteiger partial charge in [-0.1, -0.05) is 13.8 Å². The molecule has 0 bridgehead atoms. The van der Waals surface area contributed by atoms with Crippen molar-refractivity contribution < 1.29 is 4.79 Å². The Morgan fingerprint density at radius 1 is 1.33 bits per heavy atom. The lowest BCUT2D eigenvalue weighted by Crippen LogP contribution is -2.27. The predicted molar refractivity (Wildman–Crippen MR) is 60.2 cm³/mol. The highest BCUT2D eigenvalue weighted by molar-refractivity contribution is 5.75. The molecule has 0 spiro atoms. The first-order chi connectivity index (χ1) is 7.16. The van der Waals surface area contributed by atoms with Crippen LogP contribution >= 0.6 is 0 Å². The quantitative estimate of drug-likeness (QED) is 0.593.